The molecule has 5 nitrogen and oxygen atoms in total. The van der Waals surface area contributed by atoms with Crippen molar-refractivity contribution in [3.8, 4) is 0 Å². The van der Waals surface area contributed by atoms with Gasteiger partial charge in [-0.1, -0.05) is 116 Å². The lowest BCUT2D eigenvalue weighted by Crippen LogP contribution is -2.08. The number of carbonyl (C=O) groups is 1. The van der Waals surface area contributed by atoms with E-state index >= 15 is 0 Å². The lowest BCUT2D eigenvalue weighted by Gasteiger charge is -2.16. The second kappa shape index (κ2) is 25.5. The maximum absolute atomic E-state index is 12.7. The van der Waals surface area contributed by atoms with E-state index in [0.29, 0.717) is 0 Å². The molecule has 0 aromatic rings. The summed E-state index contributed by atoms with van der Waals surface area (Å²) < 4.78 is 28.3. The predicted molar refractivity (Wildman–Crippen MR) is 144 cm³/mol. The van der Waals surface area contributed by atoms with Crippen molar-refractivity contribution in [2.24, 2.45) is 0 Å². The van der Waals surface area contributed by atoms with Gasteiger partial charge in [-0.3, -0.25) is 13.8 Å². The van der Waals surface area contributed by atoms with Gasteiger partial charge in [-0.15, -0.1) is 6.58 Å². The summed E-state index contributed by atoms with van der Waals surface area (Å²) in [6.07, 6.45) is 26.1. The minimum Gasteiger partial charge on any atom is -0.370 e. The Kier molecular flexibility index (Phi) is 25.0. The third kappa shape index (κ3) is 23.1. The van der Waals surface area contributed by atoms with E-state index in [1.165, 1.54) is 83.5 Å². The topological polar surface area (TPSA) is 61.8 Å². The summed E-state index contributed by atoms with van der Waals surface area (Å²) in [5.74, 6) is -0.484. The van der Waals surface area contributed by atoms with E-state index in [2.05, 4.69) is 13.5 Å². The molecule has 0 spiro atoms. The molecule has 0 amide bonds. The van der Waals surface area contributed by atoms with Gasteiger partial charge in [0.2, 0.25) is 0 Å². The molecule has 0 rings (SSSR count). The Labute approximate surface area is 211 Å². The molecule has 6 heteroatoms. The summed E-state index contributed by atoms with van der Waals surface area (Å²) >= 11 is 0. The molecular weight excluding hydrogens is 447 g/mol. The van der Waals surface area contributed by atoms with Crippen molar-refractivity contribution in [1.82, 2.24) is 0 Å². The number of carbonyl (C=O) groups excluding carboxylic acids is 1. The van der Waals surface area contributed by atoms with Crippen molar-refractivity contribution in [3.05, 3.63) is 12.7 Å². The first-order chi connectivity index (χ1) is 16.6. The highest BCUT2D eigenvalue weighted by atomic mass is 31.2. The number of unbranched alkanes of at least 4 members (excludes halogenated alkanes) is 18. The lowest BCUT2D eigenvalue weighted by atomic mass is 10.0. The Morgan fingerprint density at radius 2 is 1.15 bits per heavy atom. The number of hydrogen-bond acceptors (Lipinski definition) is 5. The van der Waals surface area contributed by atoms with Gasteiger partial charge >= 0.3 is 13.8 Å². The third-order valence-corrected chi connectivity index (χ3v) is 7.54. The van der Waals surface area contributed by atoms with Crippen LogP contribution in [-0.4, -0.2) is 19.2 Å². The minimum absolute atomic E-state index is 0.187. The standard InChI is InChI=1S/C28H55O5P/c1-4-7-9-11-13-15-16-17-18-19-20-22-24-26-28(29)33-34(30,31-6-3)32-27-25-23-21-14-12-10-8-5-2/h5H,2,4,6-27H2,1,3H3. The second-order valence-corrected chi connectivity index (χ2v) is 10.9. The van der Waals surface area contributed by atoms with Gasteiger partial charge in [0.15, 0.2) is 0 Å². The Morgan fingerprint density at radius 1 is 0.676 bits per heavy atom. The molecule has 0 aliphatic carbocycles. The van der Waals surface area contributed by atoms with E-state index < -0.39 is 13.8 Å². The third-order valence-electron chi connectivity index (χ3n) is 6.04. The maximum Gasteiger partial charge on any atom is 0.532 e. The summed E-state index contributed by atoms with van der Waals surface area (Å²) in [7, 11) is -3.79. The molecule has 0 aromatic heterocycles. The molecule has 1 unspecified atom stereocenters. The first-order valence-corrected chi connectivity index (χ1v) is 15.8. The SMILES string of the molecule is C=CCCCCCCCCOP(=O)(OCC)OC(=O)CCCCCCCCCCCCCCC. The molecule has 0 saturated carbocycles. The number of allylic oxidation sites excluding steroid dienone is 1. The largest absolute Gasteiger partial charge is 0.532 e. The van der Waals surface area contributed by atoms with Crippen molar-refractivity contribution in [3.63, 3.8) is 0 Å². The first kappa shape index (κ1) is 33.4. The average Bonchev–Trinajstić information content (AvgIpc) is 2.81. The number of hydrogen-bond donors (Lipinski definition) is 0. The van der Waals surface area contributed by atoms with Crippen molar-refractivity contribution >= 4 is 13.8 Å². The fraction of sp³-hybridized carbons (Fsp3) is 0.893. The highest BCUT2D eigenvalue weighted by Gasteiger charge is 2.30. The molecule has 0 aliphatic rings. The van der Waals surface area contributed by atoms with Gasteiger partial charge in [0, 0.05) is 6.42 Å². The Morgan fingerprint density at radius 3 is 1.65 bits per heavy atom. The van der Waals surface area contributed by atoms with E-state index in [-0.39, 0.29) is 19.6 Å². The molecular formula is C28H55O5P. The molecule has 0 bridgehead atoms. The molecule has 0 aromatic carbocycles. The zero-order valence-corrected chi connectivity index (χ0v) is 23.4. The van der Waals surface area contributed by atoms with Crippen LogP contribution in [0.2, 0.25) is 0 Å². The molecule has 0 radical (unpaired) electrons. The van der Waals surface area contributed by atoms with Crippen LogP contribution in [-0.2, 0) is 22.9 Å². The van der Waals surface area contributed by atoms with Gasteiger partial charge in [0.25, 0.3) is 0 Å². The van der Waals surface area contributed by atoms with Crippen molar-refractivity contribution in [2.45, 2.75) is 149 Å². The molecule has 0 saturated heterocycles. The average molecular weight is 503 g/mol. The molecule has 0 heterocycles. The summed E-state index contributed by atoms with van der Waals surface area (Å²) in [6, 6.07) is 0. The number of rotatable bonds is 27. The Bertz CT molecular complexity index is 509. The van der Waals surface area contributed by atoms with Gasteiger partial charge in [-0.2, -0.15) is 0 Å². The van der Waals surface area contributed by atoms with Crippen molar-refractivity contribution in [1.29, 1.82) is 0 Å². The van der Waals surface area contributed by atoms with Crippen LogP contribution < -0.4 is 0 Å². The fourth-order valence-electron chi connectivity index (χ4n) is 3.98. The first-order valence-electron chi connectivity index (χ1n) is 14.3. The second-order valence-electron chi connectivity index (χ2n) is 9.35. The molecule has 0 aliphatic heterocycles. The van der Waals surface area contributed by atoms with Crippen LogP contribution in [0.3, 0.4) is 0 Å². The van der Waals surface area contributed by atoms with E-state index in [9.17, 15) is 9.36 Å². The van der Waals surface area contributed by atoms with E-state index in [1.54, 1.807) is 6.92 Å². The van der Waals surface area contributed by atoms with Crippen LogP contribution in [0.15, 0.2) is 12.7 Å². The molecule has 1 atom stereocenters. The number of phosphoric acid groups is 1. The van der Waals surface area contributed by atoms with Crippen molar-refractivity contribution in [2.75, 3.05) is 13.2 Å². The normalized spacial score (nSPS) is 13.0. The lowest BCUT2D eigenvalue weighted by molar-refractivity contribution is -0.136. The van der Waals surface area contributed by atoms with E-state index in [1.807, 2.05) is 6.08 Å². The molecule has 34 heavy (non-hydrogen) atoms. The van der Waals surface area contributed by atoms with Crippen molar-refractivity contribution < 1.29 is 22.9 Å². The maximum atomic E-state index is 12.7. The summed E-state index contributed by atoms with van der Waals surface area (Å²) in [5.41, 5.74) is 0. The van der Waals surface area contributed by atoms with Gasteiger partial charge in [-0.05, 0) is 32.6 Å². The molecule has 0 fully saturated rings. The van der Waals surface area contributed by atoms with Crippen LogP contribution >= 0.6 is 7.82 Å². The molecule has 202 valence electrons. The fourth-order valence-corrected chi connectivity index (χ4v) is 5.17. The highest BCUT2D eigenvalue weighted by Crippen LogP contribution is 2.50. The monoisotopic (exact) mass is 502 g/mol. The smallest absolute Gasteiger partial charge is 0.370 e. The van der Waals surface area contributed by atoms with Crippen LogP contribution in [0.1, 0.15) is 149 Å². The van der Waals surface area contributed by atoms with E-state index in [0.717, 1.165) is 44.9 Å². The zero-order chi connectivity index (χ0) is 25.2. The zero-order valence-electron chi connectivity index (χ0n) is 22.5. The van der Waals surface area contributed by atoms with Crippen LogP contribution in [0.4, 0.5) is 0 Å². The summed E-state index contributed by atoms with van der Waals surface area (Å²) in [6.45, 7) is 8.19. The Balaban J connectivity index is 3.72. The number of phosphoric ester groups is 1. The summed E-state index contributed by atoms with van der Waals surface area (Å²) in [5, 5.41) is 0. The van der Waals surface area contributed by atoms with Crippen LogP contribution in [0, 0.1) is 0 Å². The quantitative estimate of drug-likeness (QED) is 0.0635. The van der Waals surface area contributed by atoms with Gasteiger partial charge in [-0.25, -0.2) is 4.57 Å². The summed E-state index contributed by atoms with van der Waals surface area (Å²) in [4.78, 5) is 12.1. The van der Waals surface area contributed by atoms with Gasteiger partial charge in [0.1, 0.15) is 0 Å². The van der Waals surface area contributed by atoms with Gasteiger partial charge in [0.05, 0.1) is 13.2 Å². The highest BCUT2D eigenvalue weighted by molar-refractivity contribution is 7.49. The predicted octanol–water partition coefficient (Wildman–Crippen LogP) is 10.1. The van der Waals surface area contributed by atoms with Crippen LogP contribution in [0.25, 0.3) is 0 Å². The van der Waals surface area contributed by atoms with E-state index in [4.69, 9.17) is 13.6 Å². The minimum atomic E-state index is -3.79. The molecule has 0 N–H and O–H groups in total. The van der Waals surface area contributed by atoms with Crippen LogP contribution in [0.5, 0.6) is 0 Å². The van der Waals surface area contributed by atoms with Gasteiger partial charge < -0.3 is 4.52 Å². The Hall–Kier alpha value is -0.640.